The van der Waals surface area contributed by atoms with Crippen molar-refractivity contribution in [3.8, 4) is 17.2 Å². The molecule has 4 rings (SSSR count). The summed E-state index contributed by atoms with van der Waals surface area (Å²) in [6, 6.07) is 5.67. The summed E-state index contributed by atoms with van der Waals surface area (Å²) < 4.78 is 10.6. The number of hydrogen-bond donors (Lipinski definition) is 0. The predicted molar refractivity (Wildman–Crippen MR) is 84.7 cm³/mol. The van der Waals surface area contributed by atoms with Crippen molar-refractivity contribution in [2.45, 2.75) is 10.5 Å². The SMILES string of the molecule is COc1cccc2c1Oc1c(c(=O)c1=O)C21SCCCS1. The van der Waals surface area contributed by atoms with Crippen molar-refractivity contribution in [3.63, 3.8) is 0 Å². The Morgan fingerprint density at radius 2 is 1.90 bits per heavy atom. The van der Waals surface area contributed by atoms with E-state index in [1.807, 2.05) is 12.1 Å². The van der Waals surface area contributed by atoms with E-state index in [0.717, 1.165) is 23.5 Å². The second-order valence-electron chi connectivity index (χ2n) is 4.97. The van der Waals surface area contributed by atoms with E-state index in [0.29, 0.717) is 17.1 Å². The summed E-state index contributed by atoms with van der Waals surface area (Å²) in [5.41, 5.74) is 0.534. The highest BCUT2D eigenvalue weighted by Crippen LogP contribution is 2.62. The first kappa shape index (κ1) is 13.3. The normalized spacial score (nSPS) is 18.9. The smallest absolute Gasteiger partial charge is 0.269 e. The van der Waals surface area contributed by atoms with Crippen molar-refractivity contribution in [3.05, 3.63) is 49.8 Å². The number of rotatable bonds is 1. The third-order valence-electron chi connectivity index (χ3n) is 3.85. The first-order valence-corrected chi connectivity index (χ1v) is 8.63. The molecule has 0 radical (unpaired) electrons. The minimum atomic E-state index is -0.521. The minimum absolute atomic E-state index is 0.207. The number of ether oxygens (including phenoxy) is 2. The van der Waals surface area contributed by atoms with E-state index >= 15 is 0 Å². The molecule has 0 bridgehead atoms. The highest BCUT2D eigenvalue weighted by Gasteiger charge is 2.51. The fourth-order valence-corrected chi connectivity index (χ4v) is 6.34. The molecule has 21 heavy (non-hydrogen) atoms. The van der Waals surface area contributed by atoms with E-state index < -0.39 is 14.9 Å². The molecule has 0 unspecified atom stereocenters. The van der Waals surface area contributed by atoms with Crippen LogP contribution in [-0.4, -0.2) is 18.6 Å². The summed E-state index contributed by atoms with van der Waals surface area (Å²) in [5, 5.41) is 0. The van der Waals surface area contributed by atoms with Gasteiger partial charge in [0.25, 0.3) is 5.43 Å². The highest BCUT2D eigenvalue weighted by atomic mass is 32.2. The maximum atomic E-state index is 12.1. The second-order valence-corrected chi connectivity index (χ2v) is 7.85. The average Bonchev–Trinajstić information content (AvgIpc) is 2.54. The zero-order valence-electron chi connectivity index (χ0n) is 11.3. The maximum Gasteiger partial charge on any atom is 0.269 e. The molecule has 1 saturated heterocycles. The molecule has 1 fully saturated rings. The number of fused-ring (bicyclic) bond motifs is 4. The lowest BCUT2D eigenvalue weighted by molar-refractivity contribution is 0.365. The molecule has 0 N–H and O–H groups in total. The fourth-order valence-electron chi connectivity index (χ4n) is 2.88. The number of benzene rings is 1. The van der Waals surface area contributed by atoms with Gasteiger partial charge in [-0.05, 0) is 24.0 Å². The molecular formula is C15H12O4S2. The first-order chi connectivity index (χ1) is 10.2. The van der Waals surface area contributed by atoms with E-state index in [1.165, 1.54) is 0 Å². The largest absolute Gasteiger partial charge is 0.493 e. The number of thioether (sulfide) groups is 2. The Kier molecular flexibility index (Phi) is 2.87. The molecule has 0 aromatic heterocycles. The fraction of sp³-hybridized carbons (Fsp3) is 0.333. The van der Waals surface area contributed by atoms with Crippen LogP contribution >= 0.6 is 23.5 Å². The second kappa shape index (κ2) is 4.55. The number of hydrogen-bond acceptors (Lipinski definition) is 6. The molecule has 0 amide bonds. The van der Waals surface area contributed by atoms with Gasteiger partial charge >= 0.3 is 0 Å². The summed E-state index contributed by atoms with van der Waals surface area (Å²) in [5.74, 6) is 3.29. The van der Waals surface area contributed by atoms with Crippen LogP contribution in [0, 0.1) is 0 Å². The van der Waals surface area contributed by atoms with Crippen molar-refractivity contribution >= 4 is 23.5 Å². The van der Waals surface area contributed by atoms with Gasteiger partial charge in [-0.3, -0.25) is 9.59 Å². The molecule has 1 spiro atoms. The van der Waals surface area contributed by atoms with Crippen molar-refractivity contribution in [2.75, 3.05) is 18.6 Å². The molecule has 6 heteroatoms. The Bertz CT molecular complexity index is 798. The Hall–Kier alpha value is -1.40. The third kappa shape index (κ3) is 1.60. The third-order valence-corrected chi connectivity index (χ3v) is 7.21. The predicted octanol–water partition coefficient (Wildman–Crippen LogP) is 2.47. The molecule has 0 saturated carbocycles. The Balaban J connectivity index is 2.01. The summed E-state index contributed by atoms with van der Waals surface area (Å²) in [6.45, 7) is 0. The summed E-state index contributed by atoms with van der Waals surface area (Å²) >= 11 is 3.43. The Morgan fingerprint density at radius 3 is 2.62 bits per heavy atom. The lowest BCUT2D eigenvalue weighted by atomic mass is 9.95. The summed E-state index contributed by atoms with van der Waals surface area (Å²) in [4.78, 5) is 23.9. The monoisotopic (exact) mass is 320 g/mol. The summed E-state index contributed by atoms with van der Waals surface area (Å²) in [6.07, 6.45) is 1.10. The van der Waals surface area contributed by atoms with Crippen LogP contribution in [0.25, 0.3) is 0 Å². The van der Waals surface area contributed by atoms with Crippen molar-refractivity contribution in [2.24, 2.45) is 0 Å². The van der Waals surface area contributed by atoms with Gasteiger partial charge in [0.05, 0.1) is 12.7 Å². The van der Waals surface area contributed by atoms with Crippen LogP contribution in [0.15, 0.2) is 27.8 Å². The standard InChI is InChI=1S/C15H12O4S2/c1-18-9-5-2-4-8-13(9)19-14-10(11(16)12(14)17)15(8)20-6-3-7-21-15/h2,4-5H,3,6-7H2,1H3. The van der Waals surface area contributed by atoms with Gasteiger partial charge in [0.1, 0.15) is 4.08 Å². The van der Waals surface area contributed by atoms with Gasteiger partial charge < -0.3 is 9.47 Å². The van der Waals surface area contributed by atoms with E-state index in [-0.39, 0.29) is 5.75 Å². The first-order valence-electron chi connectivity index (χ1n) is 6.66. The van der Waals surface area contributed by atoms with Crippen molar-refractivity contribution < 1.29 is 9.47 Å². The molecule has 2 aliphatic heterocycles. The van der Waals surface area contributed by atoms with Crippen molar-refractivity contribution in [1.82, 2.24) is 0 Å². The topological polar surface area (TPSA) is 52.6 Å². The van der Waals surface area contributed by atoms with Gasteiger partial charge in [-0.1, -0.05) is 12.1 Å². The zero-order chi connectivity index (χ0) is 14.6. The molecule has 0 atom stereocenters. The van der Waals surface area contributed by atoms with Gasteiger partial charge in [-0.15, -0.1) is 23.5 Å². The Labute approximate surface area is 129 Å². The van der Waals surface area contributed by atoms with Crippen LogP contribution in [0.2, 0.25) is 0 Å². The van der Waals surface area contributed by atoms with Gasteiger partial charge in [-0.2, -0.15) is 0 Å². The molecule has 2 aromatic carbocycles. The van der Waals surface area contributed by atoms with Gasteiger partial charge in [-0.25, -0.2) is 0 Å². The van der Waals surface area contributed by atoms with Crippen LogP contribution in [0.3, 0.4) is 0 Å². The summed E-state index contributed by atoms with van der Waals surface area (Å²) in [7, 11) is 1.57. The quantitative estimate of drug-likeness (QED) is 0.753. The minimum Gasteiger partial charge on any atom is -0.493 e. The molecule has 0 aliphatic carbocycles. The molecule has 2 aromatic rings. The maximum absolute atomic E-state index is 12.1. The van der Waals surface area contributed by atoms with Crippen LogP contribution in [0.5, 0.6) is 17.2 Å². The van der Waals surface area contributed by atoms with Crippen molar-refractivity contribution in [1.29, 1.82) is 0 Å². The number of methoxy groups -OCH3 is 1. The van der Waals surface area contributed by atoms with Crippen LogP contribution < -0.4 is 20.3 Å². The van der Waals surface area contributed by atoms with Gasteiger partial charge in [0, 0.05) is 5.56 Å². The number of para-hydroxylation sites is 1. The molecule has 108 valence electrons. The van der Waals surface area contributed by atoms with Crippen LogP contribution in [0.1, 0.15) is 17.5 Å². The molecule has 2 aliphatic rings. The zero-order valence-corrected chi connectivity index (χ0v) is 12.9. The average molecular weight is 320 g/mol. The molecule has 2 heterocycles. The van der Waals surface area contributed by atoms with Gasteiger partial charge in [0.15, 0.2) is 17.2 Å². The van der Waals surface area contributed by atoms with Crippen LogP contribution in [-0.2, 0) is 4.08 Å². The lowest BCUT2D eigenvalue weighted by Gasteiger charge is -2.41. The van der Waals surface area contributed by atoms with E-state index in [2.05, 4.69) is 0 Å². The van der Waals surface area contributed by atoms with E-state index in [1.54, 1.807) is 36.7 Å². The molecular weight excluding hydrogens is 308 g/mol. The van der Waals surface area contributed by atoms with Gasteiger partial charge in [0.2, 0.25) is 5.43 Å². The Morgan fingerprint density at radius 1 is 1.14 bits per heavy atom. The highest BCUT2D eigenvalue weighted by molar-refractivity contribution is 8.18. The van der Waals surface area contributed by atoms with E-state index in [4.69, 9.17) is 9.47 Å². The van der Waals surface area contributed by atoms with Crippen LogP contribution in [0.4, 0.5) is 0 Å². The van der Waals surface area contributed by atoms with E-state index in [9.17, 15) is 9.59 Å². The molecule has 4 nitrogen and oxygen atoms in total. The lowest BCUT2D eigenvalue weighted by Crippen LogP contribution is -2.46.